The number of aromatic nitrogens is 1. The van der Waals surface area contributed by atoms with Crippen LogP contribution < -0.4 is 5.32 Å². The number of rotatable bonds is 3. The number of carbonyl (C=O) groups excluding carboxylic acids is 2. The number of benzene rings is 1. The molecule has 1 amide bonds. The number of aromatic hydroxyl groups is 1. The van der Waals surface area contributed by atoms with Gasteiger partial charge >= 0.3 is 5.97 Å². The number of esters is 1. The van der Waals surface area contributed by atoms with Crippen molar-refractivity contribution in [1.29, 1.82) is 0 Å². The molecular weight excluding hydrogens is 328 g/mol. The molecule has 0 bridgehead atoms. The van der Waals surface area contributed by atoms with E-state index in [1.54, 1.807) is 18.2 Å². The molecule has 0 aliphatic heterocycles. The molecule has 104 valence electrons. The first kappa shape index (κ1) is 14.3. The molecule has 0 saturated heterocycles. The summed E-state index contributed by atoms with van der Waals surface area (Å²) in [4.78, 5) is 26.3. The molecule has 0 atom stereocenters. The van der Waals surface area contributed by atoms with Crippen molar-refractivity contribution >= 4 is 44.4 Å². The zero-order chi connectivity index (χ0) is 14.7. The van der Waals surface area contributed by atoms with Gasteiger partial charge in [0.25, 0.3) is 5.91 Å². The molecule has 0 spiro atoms. The molecule has 1 aromatic carbocycles. The highest BCUT2D eigenvalue weighted by Gasteiger charge is 2.11. The number of fused-ring (bicyclic) bond motifs is 1. The topological polar surface area (TPSA) is 88.5 Å². The van der Waals surface area contributed by atoms with Crippen LogP contribution in [-0.2, 0) is 14.3 Å². The Morgan fingerprint density at radius 2 is 2.20 bits per heavy atom. The van der Waals surface area contributed by atoms with E-state index in [1.807, 2.05) is 0 Å². The van der Waals surface area contributed by atoms with E-state index in [2.05, 4.69) is 31.0 Å². The monoisotopic (exact) mass is 338 g/mol. The summed E-state index contributed by atoms with van der Waals surface area (Å²) in [6, 6.07) is 5.19. The first-order valence-corrected chi connectivity index (χ1v) is 6.47. The van der Waals surface area contributed by atoms with Crippen LogP contribution in [0.4, 0.5) is 5.69 Å². The zero-order valence-corrected chi connectivity index (χ0v) is 12.1. The summed E-state index contributed by atoms with van der Waals surface area (Å²) < 4.78 is 5.40. The first-order chi connectivity index (χ1) is 9.47. The minimum Gasteiger partial charge on any atom is -0.505 e. The lowest BCUT2D eigenvalue weighted by atomic mass is 10.2. The van der Waals surface area contributed by atoms with E-state index in [-0.39, 0.29) is 11.4 Å². The summed E-state index contributed by atoms with van der Waals surface area (Å²) in [5.74, 6) is -1.18. The largest absolute Gasteiger partial charge is 0.505 e. The van der Waals surface area contributed by atoms with Crippen molar-refractivity contribution in [2.75, 3.05) is 11.9 Å². The molecule has 0 aliphatic carbocycles. The fraction of sp³-hybridized carbons (Fsp3) is 0.154. The summed E-state index contributed by atoms with van der Waals surface area (Å²) in [5.41, 5.74) is 0.756. The Labute approximate surface area is 122 Å². The number of ether oxygens (including phenoxy) is 1. The highest BCUT2D eigenvalue weighted by Crippen LogP contribution is 2.32. The van der Waals surface area contributed by atoms with Crippen LogP contribution in [0.3, 0.4) is 0 Å². The van der Waals surface area contributed by atoms with Gasteiger partial charge in [0.05, 0.1) is 11.7 Å². The van der Waals surface area contributed by atoms with Gasteiger partial charge in [-0.2, -0.15) is 0 Å². The predicted molar refractivity (Wildman–Crippen MR) is 76.4 cm³/mol. The van der Waals surface area contributed by atoms with Crippen LogP contribution in [0, 0.1) is 0 Å². The van der Waals surface area contributed by atoms with Gasteiger partial charge in [-0.1, -0.05) is 15.9 Å². The summed E-state index contributed by atoms with van der Waals surface area (Å²) in [7, 11) is 0. The van der Waals surface area contributed by atoms with Gasteiger partial charge in [0.1, 0.15) is 11.4 Å². The van der Waals surface area contributed by atoms with E-state index in [9.17, 15) is 14.7 Å². The Morgan fingerprint density at radius 1 is 1.45 bits per heavy atom. The predicted octanol–water partition coefficient (Wildman–Crippen LogP) is 2.20. The quantitative estimate of drug-likeness (QED) is 0.837. The summed E-state index contributed by atoms with van der Waals surface area (Å²) in [5, 5.41) is 13.0. The zero-order valence-electron chi connectivity index (χ0n) is 10.5. The molecule has 0 unspecified atom stereocenters. The van der Waals surface area contributed by atoms with E-state index >= 15 is 0 Å². The lowest BCUT2D eigenvalue weighted by molar-refractivity contribution is -0.144. The fourth-order valence-corrected chi connectivity index (χ4v) is 1.95. The summed E-state index contributed by atoms with van der Waals surface area (Å²) >= 11 is 3.31. The van der Waals surface area contributed by atoms with Gasteiger partial charge in [-0.3, -0.25) is 14.6 Å². The van der Waals surface area contributed by atoms with Crippen molar-refractivity contribution < 1.29 is 19.4 Å². The lowest BCUT2D eigenvalue weighted by Gasteiger charge is -2.09. The summed E-state index contributed by atoms with van der Waals surface area (Å²) in [6.07, 6.45) is 1.34. The standard InChI is InChI=1S/C13H11BrN2O4/c1-7(17)20-6-12(18)16-11-5-15-10-4-8(14)2-3-9(10)13(11)19/h2-5H,6H2,1H3,(H,15,19)(H,16,18). The number of nitrogens with zero attached hydrogens (tertiary/aromatic N) is 1. The van der Waals surface area contributed by atoms with Crippen molar-refractivity contribution in [1.82, 2.24) is 4.98 Å². The van der Waals surface area contributed by atoms with Gasteiger partial charge in [0.2, 0.25) is 0 Å². The number of hydrogen-bond donors (Lipinski definition) is 2. The van der Waals surface area contributed by atoms with E-state index in [1.165, 1.54) is 13.1 Å². The maximum atomic E-state index is 11.5. The van der Waals surface area contributed by atoms with Gasteiger partial charge in [-0.05, 0) is 18.2 Å². The molecule has 0 aliphatic rings. The second kappa shape index (κ2) is 5.87. The van der Waals surface area contributed by atoms with Crippen LogP contribution in [-0.4, -0.2) is 28.6 Å². The normalized spacial score (nSPS) is 10.3. The molecule has 0 saturated carbocycles. The van der Waals surface area contributed by atoms with Crippen LogP contribution in [0.1, 0.15) is 6.92 Å². The average molecular weight is 339 g/mol. The Hall–Kier alpha value is -2.15. The maximum absolute atomic E-state index is 11.5. The van der Waals surface area contributed by atoms with E-state index < -0.39 is 18.5 Å². The molecule has 0 fully saturated rings. The van der Waals surface area contributed by atoms with Crippen LogP contribution >= 0.6 is 15.9 Å². The average Bonchev–Trinajstić information content (AvgIpc) is 2.39. The highest BCUT2D eigenvalue weighted by atomic mass is 79.9. The van der Waals surface area contributed by atoms with Crippen LogP contribution in [0.25, 0.3) is 10.9 Å². The fourth-order valence-electron chi connectivity index (χ4n) is 1.60. The Kier molecular flexibility index (Phi) is 4.19. The van der Waals surface area contributed by atoms with E-state index in [0.717, 1.165) is 4.47 Å². The molecule has 20 heavy (non-hydrogen) atoms. The van der Waals surface area contributed by atoms with Crippen LogP contribution in [0.2, 0.25) is 0 Å². The Bertz CT molecular complexity index is 687. The Morgan fingerprint density at radius 3 is 2.90 bits per heavy atom. The Balaban J connectivity index is 2.23. The second-order valence-electron chi connectivity index (χ2n) is 4.01. The number of hydrogen-bond acceptors (Lipinski definition) is 5. The molecule has 0 radical (unpaired) electrons. The van der Waals surface area contributed by atoms with Crippen molar-refractivity contribution in [3.63, 3.8) is 0 Å². The number of carbonyl (C=O) groups is 2. The van der Waals surface area contributed by atoms with Gasteiger partial charge < -0.3 is 15.2 Å². The van der Waals surface area contributed by atoms with E-state index in [4.69, 9.17) is 0 Å². The number of amides is 1. The molecule has 7 heteroatoms. The lowest BCUT2D eigenvalue weighted by Crippen LogP contribution is -2.20. The van der Waals surface area contributed by atoms with Gasteiger partial charge in [0.15, 0.2) is 6.61 Å². The minimum absolute atomic E-state index is 0.0846. The number of nitrogens with one attached hydrogen (secondary N) is 1. The number of anilines is 1. The third-order valence-electron chi connectivity index (χ3n) is 2.48. The highest BCUT2D eigenvalue weighted by molar-refractivity contribution is 9.10. The number of halogens is 1. The second-order valence-corrected chi connectivity index (χ2v) is 4.93. The van der Waals surface area contributed by atoms with Gasteiger partial charge in [0, 0.05) is 16.8 Å². The first-order valence-electron chi connectivity index (χ1n) is 5.68. The maximum Gasteiger partial charge on any atom is 0.303 e. The molecule has 2 N–H and O–H groups in total. The smallest absolute Gasteiger partial charge is 0.303 e. The van der Waals surface area contributed by atoms with E-state index in [0.29, 0.717) is 10.9 Å². The molecular formula is C13H11BrN2O4. The van der Waals surface area contributed by atoms with Crippen molar-refractivity contribution in [2.24, 2.45) is 0 Å². The van der Waals surface area contributed by atoms with Crippen LogP contribution in [0.15, 0.2) is 28.9 Å². The molecule has 2 rings (SSSR count). The third-order valence-corrected chi connectivity index (χ3v) is 2.98. The minimum atomic E-state index is -0.550. The molecule has 1 aromatic heterocycles. The van der Waals surface area contributed by atoms with Crippen LogP contribution in [0.5, 0.6) is 5.75 Å². The van der Waals surface area contributed by atoms with Crippen molar-refractivity contribution in [3.05, 3.63) is 28.9 Å². The van der Waals surface area contributed by atoms with Gasteiger partial charge in [-0.25, -0.2) is 0 Å². The number of pyridine rings is 1. The summed E-state index contributed by atoms with van der Waals surface area (Å²) in [6.45, 7) is 0.799. The molecule has 1 heterocycles. The molecule has 2 aromatic rings. The van der Waals surface area contributed by atoms with Crippen molar-refractivity contribution in [2.45, 2.75) is 6.92 Å². The van der Waals surface area contributed by atoms with Gasteiger partial charge in [-0.15, -0.1) is 0 Å². The SMILES string of the molecule is CC(=O)OCC(=O)Nc1cnc2cc(Br)ccc2c1O. The molecule has 6 nitrogen and oxygen atoms in total. The third kappa shape index (κ3) is 3.24. The van der Waals surface area contributed by atoms with Crippen molar-refractivity contribution in [3.8, 4) is 5.75 Å².